The molecule has 116 valence electrons. The molecule has 3 aliphatic rings. The van der Waals surface area contributed by atoms with Crippen molar-refractivity contribution >= 4 is 12.1 Å². The molecule has 0 N–H and O–H groups in total. The average molecular weight is 297 g/mol. The molecule has 3 rings (SSSR count). The molecule has 0 aromatic heterocycles. The minimum Gasteiger partial charge on any atom is -0.466 e. The predicted octanol–water partition coefficient (Wildman–Crippen LogP) is 0.891. The number of methoxy groups -OCH3 is 1. The Morgan fingerprint density at radius 1 is 1.43 bits per heavy atom. The van der Waals surface area contributed by atoms with Gasteiger partial charge in [-0.1, -0.05) is 0 Å². The molecule has 0 aromatic carbocycles. The summed E-state index contributed by atoms with van der Waals surface area (Å²) < 4.78 is 21.3. The van der Waals surface area contributed by atoms with Gasteiger partial charge in [0.1, 0.15) is 5.60 Å². The van der Waals surface area contributed by atoms with Crippen molar-refractivity contribution in [3.05, 3.63) is 11.8 Å². The van der Waals surface area contributed by atoms with Gasteiger partial charge in [0.15, 0.2) is 0 Å². The number of nitrogens with zero attached hydrogens (tertiary/aromatic N) is 1. The third kappa shape index (κ3) is 2.07. The molecule has 2 aliphatic heterocycles. The fourth-order valence-electron chi connectivity index (χ4n) is 3.34. The highest BCUT2D eigenvalue weighted by Gasteiger charge is 2.71. The maximum atomic E-state index is 11.8. The summed E-state index contributed by atoms with van der Waals surface area (Å²) in [5.74, 6) is -0.687. The van der Waals surface area contributed by atoms with Crippen LogP contribution in [-0.2, 0) is 23.7 Å². The van der Waals surface area contributed by atoms with E-state index in [1.165, 1.54) is 18.3 Å². The Morgan fingerprint density at radius 2 is 2.14 bits per heavy atom. The molecule has 2 fully saturated rings. The third-order valence-corrected chi connectivity index (χ3v) is 4.57. The van der Waals surface area contributed by atoms with Gasteiger partial charge in [-0.05, 0) is 13.3 Å². The molecule has 1 amide bonds. The van der Waals surface area contributed by atoms with Crippen molar-refractivity contribution in [2.75, 3.05) is 21.2 Å². The number of carbonyl (C=O) groups excluding carboxylic acids is 2. The van der Waals surface area contributed by atoms with Crippen LogP contribution in [0, 0.1) is 11.8 Å². The van der Waals surface area contributed by atoms with Crippen LogP contribution in [0.2, 0.25) is 0 Å². The van der Waals surface area contributed by atoms with E-state index in [0.717, 1.165) is 0 Å². The van der Waals surface area contributed by atoms with Crippen molar-refractivity contribution < 1.29 is 28.5 Å². The topological polar surface area (TPSA) is 77.6 Å². The van der Waals surface area contributed by atoms with Gasteiger partial charge in [-0.2, -0.15) is 0 Å². The minimum atomic E-state index is -0.754. The van der Waals surface area contributed by atoms with E-state index in [0.29, 0.717) is 12.0 Å². The fraction of sp³-hybridized carbons (Fsp3) is 0.714. The Morgan fingerprint density at radius 3 is 2.76 bits per heavy atom. The summed E-state index contributed by atoms with van der Waals surface area (Å²) in [6.07, 6.45) is 0.899. The molecular formula is C14H19NO6. The molecule has 21 heavy (non-hydrogen) atoms. The second kappa shape index (κ2) is 4.62. The van der Waals surface area contributed by atoms with E-state index in [9.17, 15) is 9.59 Å². The first-order valence-corrected chi connectivity index (χ1v) is 6.88. The van der Waals surface area contributed by atoms with E-state index in [4.69, 9.17) is 18.9 Å². The molecule has 7 nitrogen and oxygen atoms in total. The number of rotatable bonds is 2. The van der Waals surface area contributed by atoms with Crippen molar-refractivity contribution in [3.63, 3.8) is 0 Å². The Kier molecular flexibility index (Phi) is 3.12. The summed E-state index contributed by atoms with van der Waals surface area (Å²) in [7, 11) is 4.54. The Hall–Kier alpha value is -1.76. The highest BCUT2D eigenvalue weighted by atomic mass is 16.7. The summed E-state index contributed by atoms with van der Waals surface area (Å²) in [5, 5.41) is 0. The molecule has 1 saturated heterocycles. The number of epoxide rings is 1. The molecule has 7 heteroatoms. The molecule has 2 heterocycles. The quantitative estimate of drug-likeness (QED) is 0.556. The first kappa shape index (κ1) is 14.2. The number of ether oxygens (including phenoxy) is 4. The first-order chi connectivity index (χ1) is 9.88. The average Bonchev–Trinajstić information content (AvgIpc) is 3.00. The zero-order valence-corrected chi connectivity index (χ0v) is 12.5. The number of carbonyl (C=O) groups is 2. The smallest absolute Gasteiger partial charge is 0.412 e. The summed E-state index contributed by atoms with van der Waals surface area (Å²) >= 11 is 0. The van der Waals surface area contributed by atoms with E-state index >= 15 is 0 Å². The van der Waals surface area contributed by atoms with Gasteiger partial charge in [0.2, 0.25) is 0 Å². The second-order valence-corrected chi connectivity index (χ2v) is 6.01. The van der Waals surface area contributed by atoms with Crippen molar-refractivity contribution in [2.45, 2.75) is 31.3 Å². The lowest BCUT2D eigenvalue weighted by molar-refractivity contribution is -0.152. The largest absolute Gasteiger partial charge is 0.466 e. The zero-order chi connectivity index (χ0) is 15.4. The van der Waals surface area contributed by atoms with Crippen molar-refractivity contribution in [1.82, 2.24) is 4.90 Å². The monoisotopic (exact) mass is 297 g/mol. The zero-order valence-electron chi connectivity index (χ0n) is 12.5. The highest BCUT2D eigenvalue weighted by molar-refractivity contribution is 5.89. The Balaban J connectivity index is 1.85. The number of hydrogen-bond acceptors (Lipinski definition) is 6. The van der Waals surface area contributed by atoms with Crippen molar-refractivity contribution in [2.24, 2.45) is 11.8 Å². The second-order valence-electron chi connectivity index (χ2n) is 6.01. The Labute approximate surface area is 122 Å². The fourth-order valence-corrected chi connectivity index (χ4v) is 3.34. The number of hydrogen-bond donors (Lipinski definition) is 0. The van der Waals surface area contributed by atoms with Gasteiger partial charge >= 0.3 is 12.1 Å². The van der Waals surface area contributed by atoms with Crippen LogP contribution in [0.1, 0.15) is 13.3 Å². The summed E-state index contributed by atoms with van der Waals surface area (Å²) in [6.45, 7) is 1.96. The van der Waals surface area contributed by atoms with Crippen LogP contribution >= 0.6 is 0 Å². The van der Waals surface area contributed by atoms with E-state index < -0.39 is 24.0 Å². The number of amides is 1. The molecule has 5 unspecified atom stereocenters. The Bertz CT molecular complexity index is 516. The molecular weight excluding hydrogens is 278 g/mol. The summed E-state index contributed by atoms with van der Waals surface area (Å²) in [4.78, 5) is 24.9. The van der Waals surface area contributed by atoms with Gasteiger partial charge in [0.25, 0.3) is 6.29 Å². The SMILES string of the molecule is COC(=O)C1=COC(OC(=O)N(C)C)C2C1CC1OC12C. The van der Waals surface area contributed by atoms with E-state index in [1.54, 1.807) is 14.1 Å². The van der Waals surface area contributed by atoms with Crippen LogP contribution in [0.5, 0.6) is 0 Å². The normalized spacial score (nSPS) is 39.3. The van der Waals surface area contributed by atoms with Crippen LogP contribution in [0.25, 0.3) is 0 Å². The lowest BCUT2D eigenvalue weighted by Gasteiger charge is -2.36. The van der Waals surface area contributed by atoms with Crippen molar-refractivity contribution in [1.29, 1.82) is 0 Å². The van der Waals surface area contributed by atoms with Gasteiger partial charge in [-0.25, -0.2) is 9.59 Å². The third-order valence-electron chi connectivity index (χ3n) is 4.57. The van der Waals surface area contributed by atoms with Crippen molar-refractivity contribution in [3.8, 4) is 0 Å². The van der Waals surface area contributed by atoms with Crippen LogP contribution < -0.4 is 0 Å². The molecule has 1 aliphatic carbocycles. The number of fused-ring (bicyclic) bond motifs is 3. The molecule has 5 atom stereocenters. The van der Waals surface area contributed by atoms with Crippen LogP contribution in [0.3, 0.4) is 0 Å². The van der Waals surface area contributed by atoms with Gasteiger partial charge < -0.3 is 23.8 Å². The predicted molar refractivity (Wildman–Crippen MR) is 70.0 cm³/mol. The van der Waals surface area contributed by atoms with E-state index in [-0.39, 0.29) is 17.9 Å². The van der Waals surface area contributed by atoms with E-state index in [2.05, 4.69) is 0 Å². The molecule has 0 aromatic rings. The van der Waals surface area contributed by atoms with Crippen LogP contribution in [0.15, 0.2) is 11.8 Å². The van der Waals surface area contributed by atoms with Crippen LogP contribution in [-0.4, -0.2) is 56.2 Å². The van der Waals surface area contributed by atoms with Gasteiger partial charge in [-0.3, -0.25) is 0 Å². The first-order valence-electron chi connectivity index (χ1n) is 6.88. The maximum Gasteiger partial charge on any atom is 0.412 e. The lowest BCUT2D eigenvalue weighted by Crippen LogP contribution is -2.44. The van der Waals surface area contributed by atoms with Gasteiger partial charge in [0.05, 0.1) is 31.0 Å². The van der Waals surface area contributed by atoms with E-state index in [1.807, 2.05) is 6.92 Å². The highest BCUT2D eigenvalue weighted by Crippen LogP contribution is 2.61. The molecule has 1 saturated carbocycles. The van der Waals surface area contributed by atoms with Gasteiger partial charge in [0, 0.05) is 20.0 Å². The van der Waals surface area contributed by atoms with Gasteiger partial charge in [-0.15, -0.1) is 0 Å². The minimum absolute atomic E-state index is 0.0721. The summed E-state index contributed by atoms with van der Waals surface area (Å²) in [5.41, 5.74) is 0.0758. The molecule has 0 spiro atoms. The van der Waals surface area contributed by atoms with Crippen LogP contribution in [0.4, 0.5) is 4.79 Å². The molecule has 0 bridgehead atoms. The maximum absolute atomic E-state index is 11.8. The molecule has 0 radical (unpaired) electrons. The number of esters is 1. The lowest BCUT2D eigenvalue weighted by atomic mass is 9.82. The standard InChI is InChI=1S/C14H19NO6/c1-14-9(21-14)5-7-8(11(16)18-4)6-19-12(10(7)14)20-13(17)15(2)3/h6-7,9-10,12H,5H2,1-4H3. The summed E-state index contributed by atoms with van der Waals surface area (Å²) in [6, 6.07) is 0.